The average Bonchev–Trinajstić information content (AvgIpc) is 3.34. The Labute approximate surface area is 202 Å². The Morgan fingerprint density at radius 2 is 1.62 bits per heavy atom. The minimum absolute atomic E-state index is 0.509. The number of hydrogen-bond donors (Lipinski definition) is 0. The van der Waals surface area contributed by atoms with E-state index in [-0.39, 0.29) is 0 Å². The molecule has 1 spiro atoms. The highest BCUT2D eigenvalue weighted by molar-refractivity contribution is 5.46. The maximum atomic E-state index is 6.27. The van der Waals surface area contributed by atoms with E-state index in [0.29, 0.717) is 17.9 Å². The standard InChI is InChI=1S/C29H34N4O/c1-2-6-23(7-3-1)19-34-28-9-5-4-8-27(28)24-11-14-32(15-12-24)25-10-13-29(16-25)20-33(21-29)26-17-30-22-31-18-26/h1-9,17-18,22,24-25H,10-16,19-21H2. The molecule has 3 heterocycles. The minimum Gasteiger partial charge on any atom is -0.489 e. The lowest BCUT2D eigenvalue weighted by Gasteiger charge is -2.50. The van der Waals surface area contributed by atoms with Crippen LogP contribution in [0.5, 0.6) is 5.75 Å². The molecule has 3 fully saturated rings. The van der Waals surface area contributed by atoms with Gasteiger partial charge in [0.15, 0.2) is 0 Å². The van der Waals surface area contributed by atoms with Crippen molar-refractivity contribution < 1.29 is 4.74 Å². The molecule has 34 heavy (non-hydrogen) atoms. The van der Waals surface area contributed by atoms with Crippen molar-refractivity contribution in [3.05, 3.63) is 84.4 Å². The van der Waals surface area contributed by atoms with Gasteiger partial charge in [0, 0.05) is 24.5 Å². The Kier molecular flexibility index (Phi) is 5.96. The van der Waals surface area contributed by atoms with E-state index in [1.165, 1.54) is 75.1 Å². The van der Waals surface area contributed by atoms with Crippen LogP contribution < -0.4 is 9.64 Å². The highest BCUT2D eigenvalue weighted by Gasteiger charge is 2.49. The molecule has 1 saturated carbocycles. The Hall–Kier alpha value is -2.92. The highest BCUT2D eigenvalue weighted by atomic mass is 16.5. The zero-order valence-electron chi connectivity index (χ0n) is 19.9. The lowest BCUT2D eigenvalue weighted by atomic mass is 9.77. The topological polar surface area (TPSA) is 41.5 Å². The number of hydrogen-bond acceptors (Lipinski definition) is 5. The van der Waals surface area contributed by atoms with Crippen LogP contribution in [0.4, 0.5) is 5.69 Å². The Morgan fingerprint density at radius 1 is 0.882 bits per heavy atom. The van der Waals surface area contributed by atoms with Crippen molar-refractivity contribution in [2.75, 3.05) is 31.1 Å². The second-order valence-corrected chi connectivity index (χ2v) is 10.5. The fraction of sp³-hybridized carbons (Fsp3) is 0.448. The van der Waals surface area contributed by atoms with Crippen molar-refractivity contribution in [2.45, 2.75) is 50.7 Å². The molecule has 3 aromatic rings. The summed E-state index contributed by atoms with van der Waals surface area (Å²) in [4.78, 5) is 13.6. The molecule has 0 amide bonds. The number of rotatable bonds is 6. The Morgan fingerprint density at radius 3 is 2.41 bits per heavy atom. The molecule has 0 radical (unpaired) electrons. The molecule has 3 aliphatic rings. The number of nitrogens with zero attached hydrogens (tertiary/aromatic N) is 4. The minimum atomic E-state index is 0.509. The monoisotopic (exact) mass is 454 g/mol. The van der Waals surface area contributed by atoms with Crippen LogP contribution in [-0.2, 0) is 6.61 Å². The molecular formula is C29H34N4O. The second-order valence-electron chi connectivity index (χ2n) is 10.5. The first-order chi connectivity index (χ1) is 16.8. The van der Waals surface area contributed by atoms with Crippen LogP contribution in [0.15, 0.2) is 73.3 Å². The predicted molar refractivity (Wildman–Crippen MR) is 135 cm³/mol. The van der Waals surface area contributed by atoms with Crippen LogP contribution in [0, 0.1) is 5.41 Å². The Balaban J connectivity index is 1.03. The molecule has 2 saturated heterocycles. The van der Waals surface area contributed by atoms with Gasteiger partial charge in [0.1, 0.15) is 18.7 Å². The molecular weight excluding hydrogens is 420 g/mol. The van der Waals surface area contributed by atoms with Gasteiger partial charge < -0.3 is 14.5 Å². The largest absolute Gasteiger partial charge is 0.489 e. The van der Waals surface area contributed by atoms with Crippen LogP contribution in [0.25, 0.3) is 0 Å². The van der Waals surface area contributed by atoms with Gasteiger partial charge >= 0.3 is 0 Å². The molecule has 1 aromatic heterocycles. The first-order valence-corrected chi connectivity index (χ1v) is 12.8. The van der Waals surface area contributed by atoms with E-state index in [0.717, 1.165) is 11.8 Å². The van der Waals surface area contributed by atoms with E-state index < -0.39 is 0 Å². The normalized spacial score (nSPS) is 22.6. The van der Waals surface area contributed by atoms with Gasteiger partial charge in [-0.25, -0.2) is 9.97 Å². The maximum Gasteiger partial charge on any atom is 0.123 e. The van der Waals surface area contributed by atoms with Gasteiger partial charge in [0.25, 0.3) is 0 Å². The number of aromatic nitrogens is 2. The van der Waals surface area contributed by atoms with Gasteiger partial charge in [-0.2, -0.15) is 0 Å². The number of para-hydroxylation sites is 1. The van der Waals surface area contributed by atoms with Crippen LogP contribution in [0.2, 0.25) is 0 Å². The van der Waals surface area contributed by atoms with Gasteiger partial charge in [-0.3, -0.25) is 0 Å². The van der Waals surface area contributed by atoms with Crippen LogP contribution in [0.1, 0.15) is 49.1 Å². The lowest BCUT2D eigenvalue weighted by molar-refractivity contribution is 0.131. The summed E-state index contributed by atoms with van der Waals surface area (Å²) in [6.45, 7) is 5.37. The van der Waals surface area contributed by atoms with Crippen molar-refractivity contribution in [3.8, 4) is 5.75 Å². The average molecular weight is 455 g/mol. The van der Waals surface area contributed by atoms with Gasteiger partial charge in [-0.15, -0.1) is 0 Å². The number of anilines is 1. The van der Waals surface area contributed by atoms with Crippen molar-refractivity contribution in [1.82, 2.24) is 14.9 Å². The maximum absolute atomic E-state index is 6.27. The number of ether oxygens (including phenoxy) is 1. The van der Waals surface area contributed by atoms with E-state index in [2.05, 4.69) is 74.4 Å². The van der Waals surface area contributed by atoms with E-state index >= 15 is 0 Å². The summed E-state index contributed by atoms with van der Waals surface area (Å²) in [5.41, 5.74) is 4.29. The molecule has 5 nitrogen and oxygen atoms in total. The number of likely N-dealkylation sites (tertiary alicyclic amines) is 1. The van der Waals surface area contributed by atoms with Crippen molar-refractivity contribution in [3.63, 3.8) is 0 Å². The smallest absolute Gasteiger partial charge is 0.123 e. The summed E-state index contributed by atoms with van der Waals surface area (Å²) >= 11 is 0. The molecule has 1 aliphatic carbocycles. The second kappa shape index (κ2) is 9.38. The highest BCUT2D eigenvalue weighted by Crippen LogP contribution is 2.49. The molecule has 0 bridgehead atoms. The number of benzene rings is 2. The number of piperidine rings is 1. The summed E-state index contributed by atoms with van der Waals surface area (Å²) in [5, 5.41) is 0. The van der Waals surface area contributed by atoms with Gasteiger partial charge in [0.2, 0.25) is 0 Å². The third-order valence-electron chi connectivity index (χ3n) is 8.28. The van der Waals surface area contributed by atoms with E-state index in [4.69, 9.17) is 4.74 Å². The molecule has 0 N–H and O–H groups in total. The van der Waals surface area contributed by atoms with E-state index in [1.54, 1.807) is 6.33 Å². The first kappa shape index (κ1) is 21.6. The summed E-state index contributed by atoms with van der Waals surface area (Å²) in [5.74, 6) is 1.65. The summed E-state index contributed by atoms with van der Waals surface area (Å²) in [6, 6.07) is 19.9. The zero-order chi connectivity index (χ0) is 22.8. The fourth-order valence-electron chi connectivity index (χ4n) is 6.44. The first-order valence-electron chi connectivity index (χ1n) is 12.8. The summed E-state index contributed by atoms with van der Waals surface area (Å²) in [7, 11) is 0. The molecule has 1 unspecified atom stereocenters. The molecule has 6 rings (SSSR count). The predicted octanol–water partition coefficient (Wildman–Crippen LogP) is 5.29. The molecule has 176 valence electrons. The van der Waals surface area contributed by atoms with Crippen molar-refractivity contribution in [1.29, 1.82) is 0 Å². The Bertz CT molecular complexity index is 1080. The molecule has 2 aliphatic heterocycles. The van der Waals surface area contributed by atoms with Crippen LogP contribution in [-0.4, -0.2) is 47.1 Å². The summed E-state index contributed by atoms with van der Waals surface area (Å²) < 4.78 is 6.27. The quantitative estimate of drug-likeness (QED) is 0.506. The van der Waals surface area contributed by atoms with Crippen LogP contribution >= 0.6 is 0 Å². The van der Waals surface area contributed by atoms with E-state index in [9.17, 15) is 0 Å². The van der Waals surface area contributed by atoms with Gasteiger partial charge in [-0.1, -0.05) is 48.5 Å². The van der Waals surface area contributed by atoms with Crippen LogP contribution in [0.3, 0.4) is 0 Å². The SMILES string of the molecule is c1ccc(COc2ccccc2C2CCN(C3CCC4(C3)CN(c3cncnc3)C4)CC2)cc1. The third kappa shape index (κ3) is 4.41. The van der Waals surface area contributed by atoms with Gasteiger partial charge in [-0.05, 0) is 68.3 Å². The molecule has 5 heteroatoms. The van der Waals surface area contributed by atoms with Crippen molar-refractivity contribution in [2.24, 2.45) is 5.41 Å². The molecule has 2 aromatic carbocycles. The summed E-state index contributed by atoms with van der Waals surface area (Å²) in [6.07, 6.45) is 12.0. The third-order valence-corrected chi connectivity index (χ3v) is 8.28. The van der Waals surface area contributed by atoms with Gasteiger partial charge in [0.05, 0.1) is 18.1 Å². The molecule has 1 atom stereocenters. The van der Waals surface area contributed by atoms with E-state index in [1.807, 2.05) is 12.4 Å². The van der Waals surface area contributed by atoms with Crippen molar-refractivity contribution >= 4 is 5.69 Å². The fourth-order valence-corrected chi connectivity index (χ4v) is 6.44. The lowest BCUT2D eigenvalue weighted by Crippen LogP contribution is -2.56. The zero-order valence-corrected chi connectivity index (χ0v) is 19.9.